The summed E-state index contributed by atoms with van der Waals surface area (Å²) in [7, 11) is 1.35. The van der Waals surface area contributed by atoms with Crippen LogP contribution in [0, 0.1) is 17.3 Å². The van der Waals surface area contributed by atoms with Crippen LogP contribution in [0.5, 0.6) is 0 Å². The first-order valence-electron chi connectivity index (χ1n) is 8.37. The third kappa shape index (κ3) is 6.10. The lowest BCUT2D eigenvalue weighted by atomic mass is 9.92. The lowest BCUT2D eigenvalue weighted by Gasteiger charge is -2.17. The van der Waals surface area contributed by atoms with Gasteiger partial charge in [-0.25, -0.2) is 4.79 Å². The average molecular weight is 349 g/mol. The van der Waals surface area contributed by atoms with Crippen LogP contribution in [0.2, 0.25) is 0 Å². The van der Waals surface area contributed by atoms with Crippen molar-refractivity contribution < 1.29 is 14.3 Å². The van der Waals surface area contributed by atoms with Crippen LogP contribution in [0.1, 0.15) is 48.7 Å². The van der Waals surface area contributed by atoms with Gasteiger partial charge in [0.05, 0.1) is 12.7 Å². The number of carbonyl (C=O) groups excluding carboxylic acids is 2. The monoisotopic (exact) mass is 349 g/mol. The topological polar surface area (TPSA) is 55.4 Å². The van der Waals surface area contributed by atoms with Crippen molar-refractivity contribution in [3.8, 4) is 11.8 Å². The molecular formula is C22H23NO3. The molecule has 2 rings (SSSR count). The number of benzene rings is 2. The molecule has 0 heterocycles. The van der Waals surface area contributed by atoms with Crippen molar-refractivity contribution in [2.75, 3.05) is 12.4 Å². The average Bonchev–Trinajstić information content (AvgIpc) is 2.58. The molecule has 0 unspecified atom stereocenters. The minimum atomic E-state index is -0.391. The van der Waals surface area contributed by atoms with Crippen LogP contribution in [-0.2, 0) is 9.53 Å². The van der Waals surface area contributed by atoms with Gasteiger partial charge < -0.3 is 10.1 Å². The maximum atomic E-state index is 12.1. The van der Waals surface area contributed by atoms with Gasteiger partial charge in [-0.2, -0.15) is 0 Å². The second kappa shape index (κ2) is 8.35. The second-order valence-corrected chi connectivity index (χ2v) is 7.19. The number of ether oxygens (including phenoxy) is 1. The number of anilines is 1. The molecule has 0 atom stereocenters. The van der Waals surface area contributed by atoms with Gasteiger partial charge in [-0.1, -0.05) is 44.7 Å². The zero-order chi connectivity index (χ0) is 19.2. The first-order chi connectivity index (χ1) is 12.3. The quantitative estimate of drug-likeness (QED) is 0.666. The Kier molecular flexibility index (Phi) is 6.19. The van der Waals surface area contributed by atoms with E-state index in [0.29, 0.717) is 12.0 Å². The summed E-state index contributed by atoms with van der Waals surface area (Å²) in [6.07, 6.45) is 0.448. The summed E-state index contributed by atoms with van der Waals surface area (Å²) in [6, 6.07) is 14.4. The van der Waals surface area contributed by atoms with Crippen LogP contribution in [0.3, 0.4) is 0 Å². The van der Waals surface area contributed by atoms with E-state index in [1.54, 1.807) is 18.2 Å². The van der Waals surface area contributed by atoms with Gasteiger partial charge in [0.2, 0.25) is 5.91 Å². The molecule has 0 aliphatic rings. The van der Waals surface area contributed by atoms with Gasteiger partial charge in [-0.15, -0.1) is 0 Å². The largest absolute Gasteiger partial charge is 0.465 e. The zero-order valence-electron chi connectivity index (χ0n) is 15.6. The number of esters is 1. The van der Waals surface area contributed by atoms with E-state index in [1.807, 2.05) is 51.1 Å². The second-order valence-electron chi connectivity index (χ2n) is 7.19. The fourth-order valence-electron chi connectivity index (χ4n) is 2.35. The molecule has 4 nitrogen and oxygen atoms in total. The Labute approximate surface area is 154 Å². The highest BCUT2D eigenvalue weighted by Gasteiger charge is 2.15. The Morgan fingerprint density at radius 3 is 2.23 bits per heavy atom. The van der Waals surface area contributed by atoms with Crippen molar-refractivity contribution in [3.05, 3.63) is 65.2 Å². The van der Waals surface area contributed by atoms with Crippen LogP contribution >= 0.6 is 0 Å². The van der Waals surface area contributed by atoms with Gasteiger partial charge >= 0.3 is 5.97 Å². The van der Waals surface area contributed by atoms with E-state index in [9.17, 15) is 9.59 Å². The Balaban J connectivity index is 2.14. The van der Waals surface area contributed by atoms with Crippen molar-refractivity contribution >= 4 is 17.6 Å². The first kappa shape index (κ1) is 19.3. The van der Waals surface area contributed by atoms with E-state index in [-0.39, 0.29) is 11.3 Å². The summed E-state index contributed by atoms with van der Waals surface area (Å²) in [4.78, 5) is 23.6. The van der Waals surface area contributed by atoms with E-state index >= 15 is 0 Å². The molecular weight excluding hydrogens is 326 g/mol. The Morgan fingerprint density at radius 2 is 1.62 bits per heavy atom. The minimum absolute atomic E-state index is 0.0200. The van der Waals surface area contributed by atoms with E-state index in [0.717, 1.165) is 16.8 Å². The highest BCUT2D eigenvalue weighted by Crippen LogP contribution is 2.20. The molecule has 0 saturated heterocycles. The normalized spacial score (nSPS) is 10.5. The SMILES string of the molecule is COC(=O)c1cccc(C#Cc2cccc(NC(=O)CC(C)(C)C)c2)c1. The van der Waals surface area contributed by atoms with Crippen molar-refractivity contribution in [2.24, 2.45) is 5.41 Å². The van der Waals surface area contributed by atoms with Gasteiger partial charge in [0, 0.05) is 23.2 Å². The molecule has 0 fully saturated rings. The van der Waals surface area contributed by atoms with Crippen LogP contribution < -0.4 is 5.32 Å². The number of amides is 1. The highest BCUT2D eigenvalue weighted by atomic mass is 16.5. The molecule has 134 valence electrons. The first-order valence-corrected chi connectivity index (χ1v) is 8.37. The van der Waals surface area contributed by atoms with E-state index in [2.05, 4.69) is 17.2 Å². The predicted octanol–water partition coefficient (Wildman–Crippen LogP) is 4.25. The van der Waals surface area contributed by atoms with Gasteiger partial charge in [-0.3, -0.25) is 4.79 Å². The summed E-state index contributed by atoms with van der Waals surface area (Å²) >= 11 is 0. The fourth-order valence-corrected chi connectivity index (χ4v) is 2.35. The maximum absolute atomic E-state index is 12.1. The lowest BCUT2D eigenvalue weighted by Crippen LogP contribution is -2.19. The molecule has 0 radical (unpaired) electrons. The van der Waals surface area contributed by atoms with E-state index in [1.165, 1.54) is 7.11 Å². The summed E-state index contributed by atoms with van der Waals surface area (Å²) in [6.45, 7) is 6.07. The molecule has 0 aliphatic heterocycles. The van der Waals surface area contributed by atoms with Crippen LogP contribution in [0.25, 0.3) is 0 Å². The third-order valence-corrected chi connectivity index (χ3v) is 3.47. The molecule has 2 aromatic carbocycles. The summed E-state index contributed by atoms with van der Waals surface area (Å²) in [5, 5.41) is 2.90. The number of carbonyl (C=O) groups is 2. The Bertz CT molecular complexity index is 867. The molecule has 0 aromatic heterocycles. The van der Waals surface area contributed by atoms with Crippen LogP contribution in [0.4, 0.5) is 5.69 Å². The standard InChI is InChI=1S/C22H23NO3/c1-22(2,3)15-20(24)23-19-10-6-8-17(14-19)12-11-16-7-5-9-18(13-16)21(25)26-4/h5-10,13-14H,15H2,1-4H3,(H,23,24). The number of methoxy groups -OCH3 is 1. The molecule has 0 saturated carbocycles. The van der Waals surface area contributed by atoms with Gasteiger partial charge in [-0.05, 0) is 41.8 Å². The number of rotatable bonds is 3. The number of hydrogen-bond donors (Lipinski definition) is 1. The summed E-state index contributed by atoms with van der Waals surface area (Å²) < 4.78 is 4.71. The summed E-state index contributed by atoms with van der Waals surface area (Å²) in [5.41, 5.74) is 2.61. The Hall–Kier alpha value is -3.06. The smallest absolute Gasteiger partial charge is 0.337 e. The van der Waals surface area contributed by atoms with E-state index < -0.39 is 5.97 Å². The van der Waals surface area contributed by atoms with Gasteiger partial charge in [0.25, 0.3) is 0 Å². The molecule has 2 aromatic rings. The molecule has 4 heteroatoms. The number of hydrogen-bond acceptors (Lipinski definition) is 3. The third-order valence-electron chi connectivity index (χ3n) is 3.47. The zero-order valence-corrected chi connectivity index (χ0v) is 15.6. The van der Waals surface area contributed by atoms with E-state index in [4.69, 9.17) is 4.74 Å². The molecule has 26 heavy (non-hydrogen) atoms. The molecule has 0 aliphatic carbocycles. The lowest BCUT2D eigenvalue weighted by molar-refractivity contribution is -0.117. The summed E-state index contributed by atoms with van der Waals surface area (Å²) in [5.74, 6) is 5.67. The van der Waals surface area contributed by atoms with Crippen molar-refractivity contribution in [2.45, 2.75) is 27.2 Å². The van der Waals surface area contributed by atoms with Crippen molar-refractivity contribution in [1.29, 1.82) is 0 Å². The van der Waals surface area contributed by atoms with Crippen molar-refractivity contribution in [1.82, 2.24) is 0 Å². The van der Waals surface area contributed by atoms with Crippen LogP contribution in [0.15, 0.2) is 48.5 Å². The fraction of sp³-hybridized carbons (Fsp3) is 0.273. The molecule has 0 spiro atoms. The van der Waals surface area contributed by atoms with Crippen molar-refractivity contribution in [3.63, 3.8) is 0 Å². The maximum Gasteiger partial charge on any atom is 0.337 e. The Morgan fingerprint density at radius 1 is 1.00 bits per heavy atom. The minimum Gasteiger partial charge on any atom is -0.465 e. The molecule has 1 N–H and O–H groups in total. The van der Waals surface area contributed by atoms with Gasteiger partial charge in [0.15, 0.2) is 0 Å². The van der Waals surface area contributed by atoms with Gasteiger partial charge in [0.1, 0.15) is 0 Å². The molecule has 0 bridgehead atoms. The van der Waals surface area contributed by atoms with Crippen LogP contribution in [-0.4, -0.2) is 19.0 Å². The highest BCUT2D eigenvalue weighted by molar-refractivity contribution is 5.91. The number of nitrogens with one attached hydrogen (secondary N) is 1. The predicted molar refractivity (Wildman–Crippen MR) is 103 cm³/mol. The molecule has 1 amide bonds.